The molecule has 2 rings (SSSR count). The van der Waals surface area contributed by atoms with Crippen LogP contribution in [0.5, 0.6) is 5.75 Å². The van der Waals surface area contributed by atoms with Gasteiger partial charge in [-0.3, -0.25) is 4.79 Å². The maximum Gasteiger partial charge on any atom is 0.150 e. The third kappa shape index (κ3) is 2.61. The molecular weight excluding hydrogens is 202 g/mol. The quantitative estimate of drug-likeness (QED) is 0.761. The molecular formula is C13H17NO2. The van der Waals surface area contributed by atoms with E-state index >= 15 is 0 Å². The molecule has 1 aromatic rings. The van der Waals surface area contributed by atoms with Crippen LogP contribution in [0.3, 0.4) is 0 Å². The summed E-state index contributed by atoms with van der Waals surface area (Å²) in [5.41, 5.74) is 1.68. The van der Waals surface area contributed by atoms with Crippen LogP contribution < -0.4 is 5.32 Å². The summed E-state index contributed by atoms with van der Waals surface area (Å²) in [6.07, 6.45) is 4.10. The van der Waals surface area contributed by atoms with E-state index in [1.807, 2.05) is 6.07 Å². The summed E-state index contributed by atoms with van der Waals surface area (Å²) in [6.45, 7) is 2.14. The number of carbonyl (C=O) groups excluding carboxylic acids is 1. The van der Waals surface area contributed by atoms with E-state index in [-0.39, 0.29) is 5.75 Å². The SMILES string of the molecule is O=Cc1cc(O)ccc1CC1CCNCC1. The minimum absolute atomic E-state index is 0.163. The Morgan fingerprint density at radius 3 is 2.81 bits per heavy atom. The van der Waals surface area contributed by atoms with Crippen LogP contribution in [-0.4, -0.2) is 24.5 Å². The Balaban J connectivity index is 2.10. The molecule has 86 valence electrons. The molecule has 0 aliphatic carbocycles. The average molecular weight is 219 g/mol. The fourth-order valence-electron chi connectivity index (χ4n) is 2.27. The van der Waals surface area contributed by atoms with E-state index in [9.17, 15) is 9.90 Å². The molecule has 0 aromatic heterocycles. The third-order valence-corrected chi connectivity index (χ3v) is 3.22. The van der Waals surface area contributed by atoms with E-state index in [1.165, 1.54) is 12.8 Å². The first kappa shape index (κ1) is 11.1. The number of phenols is 1. The summed E-state index contributed by atoms with van der Waals surface area (Å²) in [5, 5.41) is 12.6. The van der Waals surface area contributed by atoms with E-state index in [1.54, 1.807) is 12.1 Å². The molecule has 1 heterocycles. The molecule has 0 bridgehead atoms. The van der Waals surface area contributed by atoms with Gasteiger partial charge in [-0.2, -0.15) is 0 Å². The van der Waals surface area contributed by atoms with Gasteiger partial charge in [0.05, 0.1) is 0 Å². The molecule has 1 saturated heterocycles. The van der Waals surface area contributed by atoms with Gasteiger partial charge in [-0.1, -0.05) is 6.07 Å². The van der Waals surface area contributed by atoms with Crippen molar-refractivity contribution in [2.75, 3.05) is 13.1 Å². The maximum atomic E-state index is 10.9. The van der Waals surface area contributed by atoms with Crippen molar-refractivity contribution in [1.82, 2.24) is 5.32 Å². The largest absolute Gasteiger partial charge is 0.508 e. The topological polar surface area (TPSA) is 49.3 Å². The number of hydrogen-bond donors (Lipinski definition) is 2. The van der Waals surface area contributed by atoms with Crippen LogP contribution in [0.1, 0.15) is 28.8 Å². The molecule has 1 aliphatic heterocycles. The van der Waals surface area contributed by atoms with Gasteiger partial charge in [0.2, 0.25) is 0 Å². The molecule has 0 unspecified atom stereocenters. The van der Waals surface area contributed by atoms with Gasteiger partial charge in [-0.05, 0) is 56.0 Å². The first-order valence-electron chi connectivity index (χ1n) is 5.77. The zero-order chi connectivity index (χ0) is 11.4. The summed E-state index contributed by atoms with van der Waals surface area (Å²) in [6, 6.07) is 5.06. The van der Waals surface area contributed by atoms with Crippen molar-refractivity contribution in [3.05, 3.63) is 29.3 Å². The van der Waals surface area contributed by atoms with Crippen LogP contribution in [0, 0.1) is 5.92 Å². The summed E-state index contributed by atoms with van der Waals surface area (Å²) < 4.78 is 0. The molecule has 3 heteroatoms. The van der Waals surface area contributed by atoms with Crippen molar-refractivity contribution in [3.63, 3.8) is 0 Å². The first-order chi connectivity index (χ1) is 7.79. The van der Waals surface area contributed by atoms with E-state index < -0.39 is 0 Å². The van der Waals surface area contributed by atoms with Gasteiger partial charge in [0.1, 0.15) is 12.0 Å². The second-order valence-electron chi connectivity index (χ2n) is 4.40. The summed E-state index contributed by atoms with van der Waals surface area (Å²) >= 11 is 0. The van der Waals surface area contributed by atoms with Crippen LogP contribution in [-0.2, 0) is 6.42 Å². The highest BCUT2D eigenvalue weighted by molar-refractivity contribution is 5.78. The molecule has 0 saturated carbocycles. The maximum absolute atomic E-state index is 10.9. The number of hydrogen-bond acceptors (Lipinski definition) is 3. The molecule has 3 nitrogen and oxygen atoms in total. The lowest BCUT2D eigenvalue weighted by molar-refractivity contribution is 0.112. The van der Waals surface area contributed by atoms with Crippen molar-refractivity contribution in [1.29, 1.82) is 0 Å². The van der Waals surface area contributed by atoms with Crippen LogP contribution in [0.25, 0.3) is 0 Å². The number of aldehydes is 1. The Labute approximate surface area is 95.5 Å². The smallest absolute Gasteiger partial charge is 0.150 e. The van der Waals surface area contributed by atoms with Gasteiger partial charge < -0.3 is 10.4 Å². The molecule has 1 fully saturated rings. The highest BCUT2D eigenvalue weighted by atomic mass is 16.3. The number of benzene rings is 1. The standard InChI is InChI=1S/C13H17NO2/c15-9-12-8-13(16)2-1-11(12)7-10-3-5-14-6-4-10/h1-2,8-10,14,16H,3-7H2. The summed E-state index contributed by atoms with van der Waals surface area (Å²) in [4.78, 5) is 10.9. The fraction of sp³-hybridized carbons (Fsp3) is 0.462. The molecule has 0 radical (unpaired) electrons. The monoisotopic (exact) mass is 219 g/mol. The van der Waals surface area contributed by atoms with Gasteiger partial charge in [0, 0.05) is 5.56 Å². The number of rotatable bonds is 3. The zero-order valence-electron chi connectivity index (χ0n) is 9.28. The molecule has 0 spiro atoms. The Kier molecular flexibility index (Phi) is 3.57. The number of piperidine rings is 1. The fourth-order valence-corrected chi connectivity index (χ4v) is 2.27. The molecule has 0 amide bonds. The Bertz CT molecular complexity index is 370. The Morgan fingerprint density at radius 2 is 2.12 bits per heavy atom. The van der Waals surface area contributed by atoms with Gasteiger partial charge in [0.15, 0.2) is 0 Å². The number of carbonyl (C=O) groups is 1. The van der Waals surface area contributed by atoms with Crippen molar-refractivity contribution >= 4 is 6.29 Å². The first-order valence-corrected chi connectivity index (χ1v) is 5.77. The number of aromatic hydroxyl groups is 1. The lowest BCUT2D eigenvalue weighted by Gasteiger charge is -2.23. The summed E-state index contributed by atoms with van der Waals surface area (Å²) in [7, 11) is 0. The van der Waals surface area contributed by atoms with Gasteiger partial charge in [-0.15, -0.1) is 0 Å². The number of nitrogens with one attached hydrogen (secondary N) is 1. The molecule has 1 aliphatic rings. The van der Waals surface area contributed by atoms with Crippen molar-refractivity contribution < 1.29 is 9.90 Å². The number of phenolic OH excluding ortho intramolecular Hbond substituents is 1. The van der Waals surface area contributed by atoms with Crippen molar-refractivity contribution in [2.45, 2.75) is 19.3 Å². The molecule has 0 atom stereocenters. The van der Waals surface area contributed by atoms with Gasteiger partial charge >= 0.3 is 0 Å². The lowest BCUT2D eigenvalue weighted by atomic mass is 9.89. The second kappa shape index (κ2) is 5.12. The lowest BCUT2D eigenvalue weighted by Crippen LogP contribution is -2.28. The predicted molar refractivity (Wildman–Crippen MR) is 62.8 cm³/mol. The minimum Gasteiger partial charge on any atom is -0.508 e. The van der Waals surface area contributed by atoms with Crippen LogP contribution in [0.2, 0.25) is 0 Å². The van der Waals surface area contributed by atoms with Crippen LogP contribution in [0.4, 0.5) is 0 Å². The molecule has 2 N–H and O–H groups in total. The van der Waals surface area contributed by atoms with Gasteiger partial charge in [-0.25, -0.2) is 0 Å². The zero-order valence-corrected chi connectivity index (χ0v) is 9.28. The average Bonchev–Trinajstić information content (AvgIpc) is 2.33. The predicted octanol–water partition coefficient (Wildman–Crippen LogP) is 1.75. The minimum atomic E-state index is 0.163. The van der Waals surface area contributed by atoms with Crippen LogP contribution >= 0.6 is 0 Å². The Hall–Kier alpha value is -1.35. The van der Waals surface area contributed by atoms with Crippen molar-refractivity contribution in [2.24, 2.45) is 5.92 Å². The summed E-state index contributed by atoms with van der Waals surface area (Å²) in [5.74, 6) is 0.820. The Morgan fingerprint density at radius 1 is 1.38 bits per heavy atom. The van der Waals surface area contributed by atoms with E-state index in [2.05, 4.69) is 5.32 Å². The van der Waals surface area contributed by atoms with E-state index in [0.29, 0.717) is 11.5 Å². The molecule has 1 aromatic carbocycles. The second-order valence-corrected chi connectivity index (χ2v) is 4.40. The third-order valence-electron chi connectivity index (χ3n) is 3.22. The van der Waals surface area contributed by atoms with E-state index in [4.69, 9.17) is 0 Å². The molecule has 16 heavy (non-hydrogen) atoms. The van der Waals surface area contributed by atoms with Gasteiger partial charge in [0.25, 0.3) is 0 Å². The van der Waals surface area contributed by atoms with Crippen LogP contribution in [0.15, 0.2) is 18.2 Å². The van der Waals surface area contributed by atoms with Crippen molar-refractivity contribution in [3.8, 4) is 5.75 Å². The highest BCUT2D eigenvalue weighted by Gasteiger charge is 2.15. The normalized spacial score (nSPS) is 17.2. The highest BCUT2D eigenvalue weighted by Crippen LogP contribution is 2.22. The van der Waals surface area contributed by atoms with E-state index in [0.717, 1.165) is 31.4 Å².